The normalized spacial score (nSPS) is 19.1. The van der Waals surface area contributed by atoms with E-state index in [1.54, 1.807) is 6.08 Å². The third kappa shape index (κ3) is 2.14. The lowest BCUT2D eigenvalue weighted by molar-refractivity contribution is -0.120. The molecule has 0 saturated heterocycles. The average Bonchev–Trinajstić information content (AvgIpc) is 3.09. The zero-order valence-electron chi connectivity index (χ0n) is 11.3. The zero-order valence-corrected chi connectivity index (χ0v) is 11.3. The molecule has 3 heteroatoms. The van der Waals surface area contributed by atoms with E-state index in [9.17, 15) is 4.79 Å². The van der Waals surface area contributed by atoms with Crippen LogP contribution in [-0.4, -0.2) is 12.6 Å². The third-order valence-electron chi connectivity index (χ3n) is 4.21. The number of fused-ring (bicyclic) bond motifs is 1. The van der Waals surface area contributed by atoms with Crippen LogP contribution in [0.1, 0.15) is 32.3 Å². The number of ether oxygens (including phenoxy) is 2. The Bertz CT molecular complexity index is 539. The Hall–Kier alpha value is -1.77. The maximum absolute atomic E-state index is 12.2. The molecule has 1 saturated carbocycles. The van der Waals surface area contributed by atoms with Gasteiger partial charge >= 0.3 is 0 Å². The molecule has 1 fully saturated rings. The summed E-state index contributed by atoms with van der Waals surface area (Å²) < 4.78 is 10.6. The molecule has 2 aliphatic rings. The van der Waals surface area contributed by atoms with Gasteiger partial charge in [0, 0.05) is 5.41 Å². The van der Waals surface area contributed by atoms with Gasteiger partial charge in [-0.1, -0.05) is 26.0 Å². The Labute approximate surface area is 113 Å². The molecular formula is C16H18O3. The summed E-state index contributed by atoms with van der Waals surface area (Å²) in [6, 6.07) is 5.72. The fourth-order valence-electron chi connectivity index (χ4n) is 2.60. The molecule has 0 N–H and O–H groups in total. The Morgan fingerprint density at radius 1 is 1.26 bits per heavy atom. The van der Waals surface area contributed by atoms with Crippen molar-refractivity contribution in [2.45, 2.75) is 26.7 Å². The summed E-state index contributed by atoms with van der Waals surface area (Å²) in [7, 11) is 0. The summed E-state index contributed by atoms with van der Waals surface area (Å²) in [6.07, 6.45) is 5.63. The van der Waals surface area contributed by atoms with Gasteiger partial charge in [0.2, 0.25) is 6.79 Å². The molecule has 3 rings (SSSR count). The van der Waals surface area contributed by atoms with E-state index >= 15 is 0 Å². The highest BCUT2D eigenvalue weighted by Gasteiger charge is 2.50. The first-order valence-corrected chi connectivity index (χ1v) is 6.74. The number of rotatable bonds is 4. The van der Waals surface area contributed by atoms with Gasteiger partial charge in [-0.15, -0.1) is 0 Å². The van der Waals surface area contributed by atoms with Crippen molar-refractivity contribution in [3.05, 3.63) is 29.8 Å². The van der Waals surface area contributed by atoms with Crippen LogP contribution in [-0.2, 0) is 4.79 Å². The van der Waals surface area contributed by atoms with Gasteiger partial charge in [0.15, 0.2) is 17.3 Å². The zero-order chi connectivity index (χ0) is 13.5. The van der Waals surface area contributed by atoms with Crippen molar-refractivity contribution >= 4 is 11.9 Å². The summed E-state index contributed by atoms with van der Waals surface area (Å²) in [4.78, 5) is 12.2. The van der Waals surface area contributed by atoms with Gasteiger partial charge in [0.1, 0.15) is 0 Å². The number of carbonyl (C=O) groups is 1. The highest BCUT2D eigenvalue weighted by atomic mass is 16.7. The van der Waals surface area contributed by atoms with Crippen LogP contribution >= 0.6 is 0 Å². The fraction of sp³-hybridized carbons (Fsp3) is 0.438. The van der Waals surface area contributed by atoms with Crippen LogP contribution in [0.4, 0.5) is 0 Å². The van der Waals surface area contributed by atoms with E-state index in [1.807, 2.05) is 24.3 Å². The minimum Gasteiger partial charge on any atom is -0.454 e. The molecule has 0 spiro atoms. The van der Waals surface area contributed by atoms with Crippen molar-refractivity contribution in [2.24, 2.45) is 11.3 Å². The van der Waals surface area contributed by atoms with E-state index < -0.39 is 0 Å². The topological polar surface area (TPSA) is 35.5 Å². The molecule has 0 radical (unpaired) electrons. The predicted molar refractivity (Wildman–Crippen MR) is 73.1 cm³/mol. The Morgan fingerprint density at radius 3 is 2.68 bits per heavy atom. The number of hydrogen-bond acceptors (Lipinski definition) is 3. The van der Waals surface area contributed by atoms with Gasteiger partial charge < -0.3 is 9.47 Å². The number of hydrogen-bond donors (Lipinski definition) is 0. The maximum atomic E-state index is 12.2. The van der Waals surface area contributed by atoms with Crippen LogP contribution in [0.3, 0.4) is 0 Å². The molecule has 0 bridgehead atoms. The second-order valence-electron chi connectivity index (χ2n) is 5.62. The maximum Gasteiger partial charge on any atom is 0.231 e. The van der Waals surface area contributed by atoms with Crippen LogP contribution in [0, 0.1) is 11.3 Å². The molecule has 19 heavy (non-hydrogen) atoms. The van der Waals surface area contributed by atoms with Crippen LogP contribution in [0.15, 0.2) is 24.3 Å². The highest BCUT2D eigenvalue weighted by molar-refractivity contribution is 6.00. The largest absolute Gasteiger partial charge is 0.454 e. The second kappa shape index (κ2) is 4.41. The quantitative estimate of drug-likeness (QED) is 0.776. The predicted octanol–water partition coefficient (Wildman–Crippen LogP) is 3.43. The summed E-state index contributed by atoms with van der Waals surface area (Å²) >= 11 is 0. The minimum atomic E-state index is -0.0904. The van der Waals surface area contributed by atoms with E-state index in [4.69, 9.17) is 9.47 Å². The lowest BCUT2D eigenvalue weighted by atomic mass is 9.87. The minimum absolute atomic E-state index is 0.0904. The van der Waals surface area contributed by atoms with Gasteiger partial charge in [-0.2, -0.15) is 0 Å². The monoisotopic (exact) mass is 258 g/mol. The van der Waals surface area contributed by atoms with Gasteiger partial charge in [-0.25, -0.2) is 0 Å². The van der Waals surface area contributed by atoms with Crippen molar-refractivity contribution in [3.63, 3.8) is 0 Å². The molecule has 0 aromatic heterocycles. The van der Waals surface area contributed by atoms with Gasteiger partial charge in [0.05, 0.1) is 0 Å². The lowest BCUT2D eigenvalue weighted by Gasteiger charge is -2.15. The van der Waals surface area contributed by atoms with Crippen LogP contribution in [0.2, 0.25) is 0 Å². The van der Waals surface area contributed by atoms with E-state index in [1.165, 1.54) is 0 Å². The Morgan fingerprint density at radius 2 is 2.00 bits per heavy atom. The van der Waals surface area contributed by atoms with Gasteiger partial charge in [0.25, 0.3) is 0 Å². The van der Waals surface area contributed by atoms with Crippen LogP contribution in [0.25, 0.3) is 6.08 Å². The summed E-state index contributed by atoms with van der Waals surface area (Å²) in [5.74, 6) is 2.19. The van der Waals surface area contributed by atoms with Crippen molar-refractivity contribution < 1.29 is 14.3 Å². The molecule has 100 valence electrons. The van der Waals surface area contributed by atoms with Crippen molar-refractivity contribution in [3.8, 4) is 11.5 Å². The SMILES string of the molecule is CC(C)C1(C(=O)C=Cc2ccc3c(c2)OCO3)CC1. The van der Waals surface area contributed by atoms with E-state index in [-0.39, 0.29) is 18.0 Å². The summed E-state index contributed by atoms with van der Waals surface area (Å²) in [6.45, 7) is 4.52. The van der Waals surface area contributed by atoms with Crippen molar-refractivity contribution in [1.29, 1.82) is 0 Å². The van der Waals surface area contributed by atoms with Gasteiger partial charge in [-0.05, 0) is 42.5 Å². The first kappa shape index (κ1) is 12.3. The number of benzene rings is 1. The summed E-state index contributed by atoms with van der Waals surface area (Å²) in [5, 5.41) is 0. The number of allylic oxidation sites excluding steroid dienone is 1. The molecule has 1 aromatic rings. The van der Waals surface area contributed by atoms with Crippen LogP contribution in [0.5, 0.6) is 11.5 Å². The van der Waals surface area contributed by atoms with Crippen LogP contribution < -0.4 is 9.47 Å². The smallest absolute Gasteiger partial charge is 0.231 e. The second-order valence-corrected chi connectivity index (χ2v) is 5.62. The molecule has 1 aliphatic carbocycles. The Balaban J connectivity index is 1.75. The van der Waals surface area contributed by atoms with Crippen molar-refractivity contribution in [2.75, 3.05) is 6.79 Å². The molecule has 1 aromatic carbocycles. The van der Waals surface area contributed by atoms with Gasteiger partial charge in [-0.3, -0.25) is 4.79 Å². The molecule has 3 nitrogen and oxygen atoms in total. The molecule has 0 unspecified atom stereocenters. The van der Waals surface area contributed by atoms with E-state index in [2.05, 4.69) is 13.8 Å². The molecular weight excluding hydrogens is 240 g/mol. The molecule has 1 aliphatic heterocycles. The third-order valence-corrected chi connectivity index (χ3v) is 4.21. The van der Waals surface area contributed by atoms with E-state index in [0.29, 0.717) is 5.92 Å². The van der Waals surface area contributed by atoms with Crippen molar-refractivity contribution in [1.82, 2.24) is 0 Å². The first-order valence-electron chi connectivity index (χ1n) is 6.74. The first-order chi connectivity index (χ1) is 9.12. The molecule has 1 heterocycles. The highest BCUT2D eigenvalue weighted by Crippen LogP contribution is 2.52. The standard InChI is InChI=1S/C16H18O3/c1-11(2)16(7-8-16)15(17)6-4-12-3-5-13-14(9-12)19-10-18-13/h3-6,9,11H,7-8,10H2,1-2H3. The Kier molecular flexibility index (Phi) is 2.85. The lowest BCUT2D eigenvalue weighted by Crippen LogP contribution is -2.19. The molecule has 0 atom stereocenters. The molecule has 0 amide bonds. The average molecular weight is 258 g/mol. The summed E-state index contributed by atoms with van der Waals surface area (Å²) in [5.41, 5.74) is 0.879. The fourth-order valence-corrected chi connectivity index (χ4v) is 2.60. The number of ketones is 1. The van der Waals surface area contributed by atoms with E-state index in [0.717, 1.165) is 29.9 Å². The number of carbonyl (C=O) groups excluding carboxylic acids is 1.